The minimum absolute atomic E-state index is 0.410. The molecule has 1 aromatic carbocycles. The van der Waals surface area contributed by atoms with Gasteiger partial charge in [0.25, 0.3) is 0 Å². The van der Waals surface area contributed by atoms with Gasteiger partial charge in [-0.25, -0.2) is 4.98 Å². The molecule has 138 valence electrons. The number of anilines is 2. The molecule has 0 radical (unpaired) electrons. The minimum Gasteiger partial charge on any atom is -0.389 e. The van der Waals surface area contributed by atoms with E-state index in [4.69, 9.17) is 4.98 Å². The summed E-state index contributed by atoms with van der Waals surface area (Å²) < 4.78 is 0. The van der Waals surface area contributed by atoms with Gasteiger partial charge >= 0.3 is 0 Å². The van der Waals surface area contributed by atoms with E-state index >= 15 is 0 Å². The molecule has 0 saturated heterocycles. The maximum Gasteiger partial charge on any atom is 0.225 e. The third-order valence-corrected chi connectivity index (χ3v) is 5.58. The number of nitrogens with one attached hydrogen (secondary N) is 1. The van der Waals surface area contributed by atoms with Crippen LogP contribution in [0.25, 0.3) is 0 Å². The van der Waals surface area contributed by atoms with Crippen LogP contribution in [0.2, 0.25) is 0 Å². The topological polar surface area (TPSA) is 61.3 Å². The lowest BCUT2D eigenvalue weighted by Crippen LogP contribution is -2.31. The molecule has 2 aliphatic rings. The summed E-state index contributed by atoms with van der Waals surface area (Å²) in [6.07, 6.45) is 5.60. The van der Waals surface area contributed by atoms with Gasteiger partial charge in [-0.3, -0.25) is 0 Å². The van der Waals surface area contributed by atoms with Gasteiger partial charge in [0.15, 0.2) is 0 Å². The lowest BCUT2D eigenvalue weighted by atomic mass is 9.96. The van der Waals surface area contributed by atoms with Crippen molar-refractivity contribution >= 4 is 11.8 Å². The first-order chi connectivity index (χ1) is 12.6. The molecule has 26 heavy (non-hydrogen) atoms. The first-order valence-corrected chi connectivity index (χ1v) is 9.75. The normalized spacial score (nSPS) is 18.7. The summed E-state index contributed by atoms with van der Waals surface area (Å²) in [5, 5.41) is 13.3. The summed E-state index contributed by atoms with van der Waals surface area (Å²) in [5.74, 6) is 1.77. The van der Waals surface area contributed by atoms with Gasteiger partial charge in [-0.15, -0.1) is 0 Å². The Labute approximate surface area is 155 Å². The Bertz CT molecular complexity index is 784. The Morgan fingerprint density at radius 1 is 1.15 bits per heavy atom. The van der Waals surface area contributed by atoms with Gasteiger partial charge in [-0.2, -0.15) is 4.98 Å². The molecule has 4 rings (SSSR count). The molecule has 1 aromatic heterocycles. The summed E-state index contributed by atoms with van der Waals surface area (Å²) in [5.41, 5.74) is 4.67. The molecule has 0 bridgehead atoms. The predicted molar refractivity (Wildman–Crippen MR) is 104 cm³/mol. The molecule has 2 N–H and O–H groups in total. The van der Waals surface area contributed by atoms with Gasteiger partial charge in [0, 0.05) is 30.9 Å². The first-order valence-electron chi connectivity index (χ1n) is 9.75. The third kappa shape index (κ3) is 3.68. The van der Waals surface area contributed by atoms with Crippen LogP contribution in [-0.4, -0.2) is 27.7 Å². The van der Waals surface area contributed by atoms with Crippen LogP contribution in [0.5, 0.6) is 0 Å². The molecule has 1 atom stereocenters. The van der Waals surface area contributed by atoms with Crippen molar-refractivity contribution in [3.63, 3.8) is 0 Å². The monoisotopic (exact) mass is 352 g/mol. The van der Waals surface area contributed by atoms with Gasteiger partial charge in [0.05, 0.1) is 6.10 Å². The average molecular weight is 352 g/mol. The molecule has 0 unspecified atom stereocenters. The van der Waals surface area contributed by atoms with E-state index in [1.54, 1.807) is 0 Å². The lowest BCUT2D eigenvalue weighted by Gasteiger charge is -2.30. The Morgan fingerprint density at radius 3 is 2.73 bits per heavy atom. The van der Waals surface area contributed by atoms with E-state index in [1.807, 2.05) is 19.9 Å². The van der Waals surface area contributed by atoms with Gasteiger partial charge in [-0.05, 0) is 49.8 Å². The first kappa shape index (κ1) is 17.3. The van der Waals surface area contributed by atoms with Crippen LogP contribution < -0.4 is 10.2 Å². The van der Waals surface area contributed by atoms with Crippen LogP contribution in [0.15, 0.2) is 24.3 Å². The quantitative estimate of drug-likeness (QED) is 0.877. The maximum atomic E-state index is 9.80. The molecule has 5 heteroatoms. The summed E-state index contributed by atoms with van der Waals surface area (Å²) in [4.78, 5) is 11.7. The number of aryl methyl sites for hydroxylation is 1. The van der Waals surface area contributed by atoms with Crippen LogP contribution in [-0.2, 0) is 13.0 Å². The number of aliphatic hydroxyl groups excluding tert-OH is 1. The van der Waals surface area contributed by atoms with E-state index in [-0.39, 0.29) is 0 Å². The second-order valence-electron chi connectivity index (χ2n) is 7.69. The van der Waals surface area contributed by atoms with Crippen molar-refractivity contribution in [3.05, 3.63) is 46.6 Å². The van der Waals surface area contributed by atoms with Crippen LogP contribution >= 0.6 is 0 Å². The number of nitrogens with zero attached hydrogens (tertiary/aromatic N) is 3. The van der Waals surface area contributed by atoms with Crippen LogP contribution in [0.1, 0.15) is 61.1 Å². The van der Waals surface area contributed by atoms with E-state index in [0.717, 1.165) is 42.5 Å². The highest BCUT2D eigenvalue weighted by Crippen LogP contribution is 2.27. The number of hydrogen-bond donors (Lipinski definition) is 2. The fourth-order valence-corrected chi connectivity index (χ4v) is 4.06. The molecule has 0 spiro atoms. The Morgan fingerprint density at radius 2 is 1.96 bits per heavy atom. The van der Waals surface area contributed by atoms with Crippen molar-refractivity contribution in [2.45, 2.75) is 64.6 Å². The summed E-state index contributed by atoms with van der Waals surface area (Å²) in [6, 6.07) is 8.93. The van der Waals surface area contributed by atoms with Crippen molar-refractivity contribution in [2.75, 3.05) is 16.8 Å². The van der Waals surface area contributed by atoms with Gasteiger partial charge in [0.2, 0.25) is 5.95 Å². The number of aromatic nitrogens is 2. The molecule has 1 saturated carbocycles. The van der Waals surface area contributed by atoms with E-state index in [1.165, 1.54) is 36.8 Å². The third-order valence-electron chi connectivity index (χ3n) is 5.58. The second-order valence-corrected chi connectivity index (χ2v) is 7.69. The SMILES string of the molecule is Cc1cc(N2CCc3cc([C@H](C)O)ccc3C2)nc(NC2CCCC2)n1. The van der Waals surface area contributed by atoms with Gasteiger partial charge < -0.3 is 15.3 Å². The number of benzene rings is 1. The summed E-state index contributed by atoms with van der Waals surface area (Å²) in [6.45, 7) is 5.65. The molecular weight excluding hydrogens is 324 g/mol. The highest BCUT2D eigenvalue weighted by molar-refractivity contribution is 5.49. The number of aliphatic hydroxyl groups is 1. The Balaban J connectivity index is 1.53. The van der Waals surface area contributed by atoms with Crippen molar-refractivity contribution in [1.29, 1.82) is 0 Å². The summed E-state index contributed by atoms with van der Waals surface area (Å²) >= 11 is 0. The van der Waals surface area contributed by atoms with E-state index in [0.29, 0.717) is 6.04 Å². The standard InChI is InChI=1S/C21H28N4O/c1-14-11-20(24-21(22-14)23-19-5-3-4-6-19)25-10-9-17-12-16(15(2)26)7-8-18(17)13-25/h7-8,11-12,15,19,26H,3-6,9-10,13H2,1-2H3,(H,22,23,24)/t15-/m0/s1. The fourth-order valence-electron chi connectivity index (χ4n) is 4.06. The van der Waals surface area contributed by atoms with Crippen molar-refractivity contribution in [2.24, 2.45) is 0 Å². The molecule has 2 heterocycles. The molecule has 5 nitrogen and oxygen atoms in total. The molecule has 1 fully saturated rings. The molecule has 1 aliphatic carbocycles. The zero-order valence-corrected chi connectivity index (χ0v) is 15.7. The second kappa shape index (κ2) is 7.23. The minimum atomic E-state index is -0.410. The van der Waals surface area contributed by atoms with Crippen LogP contribution in [0, 0.1) is 6.92 Å². The number of rotatable bonds is 4. The van der Waals surface area contributed by atoms with E-state index in [9.17, 15) is 5.11 Å². The van der Waals surface area contributed by atoms with E-state index < -0.39 is 6.10 Å². The zero-order chi connectivity index (χ0) is 18.1. The highest BCUT2D eigenvalue weighted by atomic mass is 16.3. The summed E-state index contributed by atoms with van der Waals surface area (Å²) in [7, 11) is 0. The Hall–Kier alpha value is -2.14. The van der Waals surface area contributed by atoms with Crippen molar-refractivity contribution < 1.29 is 5.11 Å². The van der Waals surface area contributed by atoms with Crippen molar-refractivity contribution in [3.8, 4) is 0 Å². The smallest absolute Gasteiger partial charge is 0.225 e. The fraction of sp³-hybridized carbons (Fsp3) is 0.524. The maximum absolute atomic E-state index is 9.80. The van der Waals surface area contributed by atoms with Gasteiger partial charge in [-0.1, -0.05) is 31.0 Å². The van der Waals surface area contributed by atoms with Crippen molar-refractivity contribution in [1.82, 2.24) is 9.97 Å². The zero-order valence-electron chi connectivity index (χ0n) is 15.7. The molecule has 1 aliphatic heterocycles. The molecule has 0 amide bonds. The molecule has 2 aromatic rings. The largest absolute Gasteiger partial charge is 0.389 e. The van der Waals surface area contributed by atoms with Crippen LogP contribution in [0.3, 0.4) is 0 Å². The number of hydrogen-bond acceptors (Lipinski definition) is 5. The van der Waals surface area contributed by atoms with Gasteiger partial charge in [0.1, 0.15) is 5.82 Å². The van der Waals surface area contributed by atoms with E-state index in [2.05, 4.69) is 33.4 Å². The lowest BCUT2D eigenvalue weighted by molar-refractivity contribution is 0.199. The predicted octanol–water partition coefficient (Wildman–Crippen LogP) is 3.76. The highest BCUT2D eigenvalue weighted by Gasteiger charge is 2.21. The van der Waals surface area contributed by atoms with Crippen LogP contribution in [0.4, 0.5) is 11.8 Å². The number of fused-ring (bicyclic) bond motifs is 1. The molecular formula is C21H28N4O. The average Bonchev–Trinajstić information content (AvgIpc) is 3.13. The Kier molecular flexibility index (Phi) is 4.81.